The fourth-order valence-electron chi connectivity index (χ4n) is 2.49. The SMILES string of the molecule is CC(C)[C@@H](C)[C@@H](C)N1CCCC1C(F)(F)F. The van der Waals surface area contributed by atoms with Gasteiger partial charge in [0.05, 0.1) is 0 Å². The van der Waals surface area contributed by atoms with Gasteiger partial charge in [-0.1, -0.05) is 20.8 Å². The Labute approximate surface area is 96.0 Å². The molecule has 1 heterocycles. The molecule has 0 N–H and O–H groups in total. The maximum atomic E-state index is 12.8. The largest absolute Gasteiger partial charge is 0.404 e. The summed E-state index contributed by atoms with van der Waals surface area (Å²) in [5.41, 5.74) is 0. The van der Waals surface area contributed by atoms with Gasteiger partial charge in [0.25, 0.3) is 0 Å². The Kier molecular flexibility index (Phi) is 4.27. The van der Waals surface area contributed by atoms with E-state index in [0.29, 0.717) is 24.8 Å². The highest BCUT2D eigenvalue weighted by molar-refractivity contribution is 4.89. The zero-order valence-corrected chi connectivity index (χ0v) is 10.5. The van der Waals surface area contributed by atoms with Crippen LogP contribution in [0.2, 0.25) is 0 Å². The fourth-order valence-corrected chi connectivity index (χ4v) is 2.49. The Morgan fingerprint density at radius 1 is 1.12 bits per heavy atom. The molecule has 1 fully saturated rings. The minimum Gasteiger partial charge on any atom is -0.289 e. The Hall–Kier alpha value is -0.250. The van der Waals surface area contributed by atoms with Crippen LogP contribution in [0.1, 0.15) is 40.5 Å². The maximum Gasteiger partial charge on any atom is 0.404 e. The lowest BCUT2D eigenvalue weighted by molar-refractivity contribution is -0.182. The van der Waals surface area contributed by atoms with E-state index in [1.54, 1.807) is 4.90 Å². The average molecular weight is 237 g/mol. The van der Waals surface area contributed by atoms with Crippen LogP contribution < -0.4 is 0 Å². The van der Waals surface area contributed by atoms with E-state index < -0.39 is 12.2 Å². The molecular weight excluding hydrogens is 215 g/mol. The molecule has 0 saturated carbocycles. The van der Waals surface area contributed by atoms with Crippen molar-refractivity contribution in [1.29, 1.82) is 0 Å². The van der Waals surface area contributed by atoms with Gasteiger partial charge in [0.1, 0.15) is 6.04 Å². The first-order chi connectivity index (χ1) is 7.25. The van der Waals surface area contributed by atoms with Crippen molar-refractivity contribution in [3.05, 3.63) is 0 Å². The number of alkyl halides is 3. The summed E-state index contributed by atoms with van der Waals surface area (Å²) in [7, 11) is 0. The van der Waals surface area contributed by atoms with E-state index in [2.05, 4.69) is 13.8 Å². The Morgan fingerprint density at radius 3 is 2.12 bits per heavy atom. The van der Waals surface area contributed by atoms with Crippen molar-refractivity contribution >= 4 is 0 Å². The standard InChI is InChI=1S/C12H22F3N/c1-8(2)9(3)10(4)16-7-5-6-11(16)12(13,14)15/h8-11H,5-7H2,1-4H3/t9-,10-,11?/m1/s1. The predicted molar refractivity (Wildman–Crippen MR) is 59.2 cm³/mol. The van der Waals surface area contributed by atoms with Crippen molar-refractivity contribution in [3.8, 4) is 0 Å². The lowest BCUT2D eigenvalue weighted by Crippen LogP contribution is -2.48. The number of halogens is 3. The summed E-state index contributed by atoms with van der Waals surface area (Å²) in [4.78, 5) is 1.64. The molecule has 0 aromatic carbocycles. The molecule has 4 heteroatoms. The minimum absolute atomic E-state index is 0.00845. The lowest BCUT2D eigenvalue weighted by atomic mass is 9.90. The van der Waals surface area contributed by atoms with Crippen molar-refractivity contribution in [2.75, 3.05) is 6.54 Å². The molecular formula is C12H22F3N. The van der Waals surface area contributed by atoms with Crippen LogP contribution in [0, 0.1) is 11.8 Å². The molecule has 0 aromatic heterocycles. The van der Waals surface area contributed by atoms with Crippen molar-refractivity contribution in [3.63, 3.8) is 0 Å². The summed E-state index contributed by atoms with van der Waals surface area (Å²) in [5.74, 6) is 0.715. The van der Waals surface area contributed by atoms with Crippen LogP contribution in [-0.2, 0) is 0 Å². The van der Waals surface area contributed by atoms with Crippen molar-refractivity contribution in [2.24, 2.45) is 11.8 Å². The van der Waals surface area contributed by atoms with Crippen LogP contribution in [-0.4, -0.2) is 29.7 Å². The van der Waals surface area contributed by atoms with E-state index in [1.807, 2.05) is 13.8 Å². The van der Waals surface area contributed by atoms with Gasteiger partial charge in [0, 0.05) is 6.04 Å². The molecule has 1 aliphatic rings. The first-order valence-electron chi connectivity index (χ1n) is 6.07. The molecule has 0 bridgehead atoms. The highest BCUT2D eigenvalue weighted by Gasteiger charge is 2.47. The zero-order chi connectivity index (χ0) is 12.5. The van der Waals surface area contributed by atoms with Crippen LogP contribution in [0.25, 0.3) is 0 Å². The maximum absolute atomic E-state index is 12.8. The Balaban J connectivity index is 2.72. The number of likely N-dealkylation sites (tertiary alicyclic amines) is 1. The normalized spacial score (nSPS) is 27.4. The van der Waals surface area contributed by atoms with Crippen LogP contribution in [0.3, 0.4) is 0 Å². The molecule has 1 rings (SSSR count). The zero-order valence-electron chi connectivity index (χ0n) is 10.5. The molecule has 0 aliphatic carbocycles. The molecule has 1 saturated heterocycles. The quantitative estimate of drug-likeness (QED) is 0.723. The van der Waals surface area contributed by atoms with E-state index in [9.17, 15) is 13.2 Å². The van der Waals surface area contributed by atoms with Gasteiger partial charge in [0.2, 0.25) is 0 Å². The number of hydrogen-bond acceptors (Lipinski definition) is 1. The van der Waals surface area contributed by atoms with Gasteiger partial charge in [-0.05, 0) is 38.1 Å². The molecule has 0 spiro atoms. The van der Waals surface area contributed by atoms with Gasteiger partial charge in [-0.25, -0.2) is 0 Å². The van der Waals surface area contributed by atoms with Gasteiger partial charge in [-0.2, -0.15) is 13.2 Å². The number of rotatable bonds is 3. The first kappa shape index (κ1) is 13.8. The molecule has 0 amide bonds. The van der Waals surface area contributed by atoms with Gasteiger partial charge in [-0.3, -0.25) is 4.90 Å². The van der Waals surface area contributed by atoms with Crippen LogP contribution in [0.15, 0.2) is 0 Å². The molecule has 0 radical (unpaired) electrons. The molecule has 3 atom stereocenters. The summed E-state index contributed by atoms with van der Waals surface area (Å²) < 4.78 is 38.4. The summed E-state index contributed by atoms with van der Waals surface area (Å²) in [5, 5.41) is 0. The molecule has 0 aromatic rings. The van der Waals surface area contributed by atoms with Crippen molar-refractivity contribution < 1.29 is 13.2 Å². The monoisotopic (exact) mass is 237 g/mol. The number of nitrogens with zero attached hydrogens (tertiary/aromatic N) is 1. The first-order valence-corrected chi connectivity index (χ1v) is 6.07. The minimum atomic E-state index is -4.07. The second-order valence-corrected chi connectivity index (χ2v) is 5.28. The van der Waals surface area contributed by atoms with Gasteiger partial charge < -0.3 is 0 Å². The molecule has 1 aliphatic heterocycles. The van der Waals surface area contributed by atoms with Gasteiger partial charge in [-0.15, -0.1) is 0 Å². The molecule has 1 nitrogen and oxygen atoms in total. The van der Waals surface area contributed by atoms with Crippen molar-refractivity contribution in [2.45, 2.75) is 58.8 Å². The molecule has 16 heavy (non-hydrogen) atoms. The van der Waals surface area contributed by atoms with Crippen LogP contribution in [0.4, 0.5) is 13.2 Å². The number of hydrogen-bond donors (Lipinski definition) is 0. The lowest BCUT2D eigenvalue weighted by Gasteiger charge is -2.36. The average Bonchev–Trinajstić information content (AvgIpc) is 2.62. The fraction of sp³-hybridized carbons (Fsp3) is 1.00. The summed E-state index contributed by atoms with van der Waals surface area (Å²) in [6.07, 6.45) is -3.14. The van der Waals surface area contributed by atoms with Gasteiger partial charge >= 0.3 is 6.18 Å². The second-order valence-electron chi connectivity index (χ2n) is 5.28. The second kappa shape index (κ2) is 4.94. The predicted octanol–water partition coefficient (Wildman–Crippen LogP) is 3.69. The van der Waals surface area contributed by atoms with E-state index in [0.717, 1.165) is 0 Å². The third kappa shape index (κ3) is 2.90. The van der Waals surface area contributed by atoms with Crippen LogP contribution >= 0.6 is 0 Å². The van der Waals surface area contributed by atoms with Crippen molar-refractivity contribution in [1.82, 2.24) is 4.90 Å². The Morgan fingerprint density at radius 2 is 1.69 bits per heavy atom. The summed E-state index contributed by atoms with van der Waals surface area (Å²) in [6, 6.07) is -1.21. The molecule has 96 valence electrons. The third-order valence-corrected chi connectivity index (χ3v) is 4.01. The van der Waals surface area contributed by atoms with Gasteiger partial charge in [0.15, 0.2) is 0 Å². The topological polar surface area (TPSA) is 3.24 Å². The Bertz CT molecular complexity index is 225. The smallest absolute Gasteiger partial charge is 0.289 e. The van der Waals surface area contributed by atoms with E-state index in [1.165, 1.54) is 0 Å². The summed E-state index contributed by atoms with van der Waals surface area (Å²) >= 11 is 0. The highest BCUT2D eigenvalue weighted by Crippen LogP contribution is 2.36. The van der Waals surface area contributed by atoms with Crippen LogP contribution in [0.5, 0.6) is 0 Å². The van der Waals surface area contributed by atoms with E-state index in [4.69, 9.17) is 0 Å². The highest BCUT2D eigenvalue weighted by atomic mass is 19.4. The van der Waals surface area contributed by atoms with E-state index in [-0.39, 0.29) is 12.5 Å². The summed E-state index contributed by atoms with van der Waals surface area (Å²) in [6.45, 7) is 8.69. The third-order valence-electron chi connectivity index (χ3n) is 4.01. The molecule has 1 unspecified atom stereocenters. The van der Waals surface area contributed by atoms with E-state index >= 15 is 0 Å².